The Morgan fingerprint density at radius 3 is 2.28 bits per heavy atom. The number of hydrogen-bond donors (Lipinski definition) is 2. The molecule has 2 rings (SSSR count). The topological polar surface area (TPSA) is 51.8 Å². The summed E-state index contributed by atoms with van der Waals surface area (Å²) >= 11 is 6.03. The van der Waals surface area contributed by atoms with Gasteiger partial charge in [0.2, 0.25) is 0 Å². The predicted molar refractivity (Wildman–Crippen MR) is 102 cm³/mol. The van der Waals surface area contributed by atoms with Crippen molar-refractivity contribution >= 4 is 17.3 Å². The second-order valence-corrected chi connectivity index (χ2v) is 5.97. The van der Waals surface area contributed by atoms with Crippen LogP contribution < -0.4 is 24.8 Å². The molecule has 0 heterocycles. The molecular formula is C19H25ClN2O3. The molecule has 25 heavy (non-hydrogen) atoms. The van der Waals surface area contributed by atoms with Crippen LogP contribution >= 0.6 is 11.6 Å². The molecule has 0 aliphatic rings. The summed E-state index contributed by atoms with van der Waals surface area (Å²) in [5.74, 6) is 2.13. The van der Waals surface area contributed by atoms with Crippen molar-refractivity contribution in [2.45, 2.75) is 13.0 Å². The highest BCUT2D eigenvalue weighted by Gasteiger charge is 2.09. The summed E-state index contributed by atoms with van der Waals surface area (Å²) in [6.45, 7) is 3.70. The lowest BCUT2D eigenvalue weighted by molar-refractivity contribution is 0.354. The van der Waals surface area contributed by atoms with Crippen LogP contribution in [0.2, 0.25) is 5.02 Å². The van der Waals surface area contributed by atoms with Gasteiger partial charge < -0.3 is 24.8 Å². The summed E-state index contributed by atoms with van der Waals surface area (Å²) in [5.41, 5.74) is 2.12. The Morgan fingerprint density at radius 2 is 1.60 bits per heavy atom. The van der Waals surface area contributed by atoms with Crippen molar-refractivity contribution in [2.75, 3.05) is 39.7 Å². The molecule has 0 aliphatic heterocycles. The van der Waals surface area contributed by atoms with Crippen LogP contribution in [0.4, 0.5) is 5.69 Å². The number of anilines is 1. The van der Waals surface area contributed by atoms with Crippen LogP contribution in [-0.4, -0.2) is 34.4 Å². The quantitative estimate of drug-likeness (QED) is 0.655. The van der Waals surface area contributed by atoms with Crippen molar-refractivity contribution in [1.82, 2.24) is 5.32 Å². The van der Waals surface area contributed by atoms with Crippen LogP contribution in [0.5, 0.6) is 17.2 Å². The van der Waals surface area contributed by atoms with E-state index in [0.29, 0.717) is 10.8 Å². The first-order chi connectivity index (χ1) is 12.1. The Bertz CT molecular complexity index is 694. The van der Waals surface area contributed by atoms with Gasteiger partial charge in [-0.15, -0.1) is 0 Å². The smallest absolute Gasteiger partial charge is 0.161 e. The zero-order chi connectivity index (χ0) is 18.2. The van der Waals surface area contributed by atoms with Gasteiger partial charge in [0.25, 0.3) is 0 Å². The SMILES string of the molecule is COc1cc(NCCN[C@@H](C)c2ccc(OC)c(OC)c2)ccc1Cl. The largest absolute Gasteiger partial charge is 0.495 e. The summed E-state index contributed by atoms with van der Waals surface area (Å²) in [6.07, 6.45) is 0. The van der Waals surface area contributed by atoms with Gasteiger partial charge in [0.05, 0.1) is 26.4 Å². The maximum atomic E-state index is 6.03. The fourth-order valence-corrected chi connectivity index (χ4v) is 2.70. The maximum Gasteiger partial charge on any atom is 0.161 e. The Kier molecular flexibility index (Phi) is 7.22. The first-order valence-electron chi connectivity index (χ1n) is 8.11. The highest BCUT2D eigenvalue weighted by molar-refractivity contribution is 6.32. The number of nitrogens with one attached hydrogen (secondary N) is 2. The number of halogens is 1. The average Bonchev–Trinajstić information content (AvgIpc) is 2.65. The molecule has 5 nitrogen and oxygen atoms in total. The summed E-state index contributed by atoms with van der Waals surface area (Å²) in [5, 5.41) is 7.43. The first kappa shape index (κ1) is 19.2. The van der Waals surface area contributed by atoms with E-state index in [4.69, 9.17) is 25.8 Å². The van der Waals surface area contributed by atoms with Gasteiger partial charge in [0, 0.05) is 30.9 Å². The lowest BCUT2D eigenvalue weighted by Gasteiger charge is -2.17. The van der Waals surface area contributed by atoms with E-state index in [1.807, 2.05) is 36.4 Å². The van der Waals surface area contributed by atoms with Gasteiger partial charge in [-0.2, -0.15) is 0 Å². The zero-order valence-electron chi connectivity index (χ0n) is 15.1. The first-order valence-corrected chi connectivity index (χ1v) is 8.49. The highest BCUT2D eigenvalue weighted by Crippen LogP contribution is 2.30. The summed E-state index contributed by atoms with van der Waals surface area (Å²) in [4.78, 5) is 0. The fourth-order valence-electron chi connectivity index (χ4n) is 2.51. The number of ether oxygens (including phenoxy) is 3. The Labute approximate surface area is 154 Å². The molecule has 2 aromatic rings. The van der Waals surface area contributed by atoms with E-state index in [-0.39, 0.29) is 6.04 Å². The molecular weight excluding hydrogens is 340 g/mol. The van der Waals surface area contributed by atoms with Crippen LogP contribution in [0.25, 0.3) is 0 Å². The minimum atomic E-state index is 0.196. The molecule has 2 aromatic carbocycles. The fraction of sp³-hybridized carbons (Fsp3) is 0.368. The number of methoxy groups -OCH3 is 3. The van der Waals surface area contributed by atoms with Gasteiger partial charge in [-0.1, -0.05) is 17.7 Å². The summed E-state index contributed by atoms with van der Waals surface area (Å²) in [7, 11) is 4.89. The van der Waals surface area contributed by atoms with Crippen molar-refractivity contribution in [3.05, 3.63) is 47.0 Å². The van der Waals surface area contributed by atoms with Crippen LogP contribution in [0.1, 0.15) is 18.5 Å². The van der Waals surface area contributed by atoms with Gasteiger partial charge in [0.1, 0.15) is 5.75 Å². The lowest BCUT2D eigenvalue weighted by atomic mass is 10.1. The Hall–Kier alpha value is -2.11. The van der Waals surface area contributed by atoms with Crippen molar-refractivity contribution in [3.8, 4) is 17.2 Å². The van der Waals surface area contributed by atoms with Gasteiger partial charge in [0.15, 0.2) is 11.5 Å². The number of hydrogen-bond acceptors (Lipinski definition) is 5. The molecule has 0 spiro atoms. The third kappa shape index (κ3) is 5.18. The standard InChI is InChI=1S/C19H25ClN2O3/c1-13(14-5-8-17(23-2)19(11-14)25-4)21-9-10-22-15-6-7-16(20)18(12-15)24-3/h5-8,11-13,21-22H,9-10H2,1-4H3/t13-/m0/s1. The van der Waals surface area contributed by atoms with Gasteiger partial charge >= 0.3 is 0 Å². The predicted octanol–water partition coefficient (Wildman–Crippen LogP) is 4.13. The molecule has 0 saturated heterocycles. The van der Waals surface area contributed by atoms with Crippen LogP contribution in [0.3, 0.4) is 0 Å². The lowest BCUT2D eigenvalue weighted by Crippen LogP contribution is -2.25. The molecule has 0 fully saturated rings. The molecule has 136 valence electrons. The maximum absolute atomic E-state index is 6.03. The second kappa shape index (κ2) is 9.39. The van der Waals surface area contributed by atoms with Crippen molar-refractivity contribution < 1.29 is 14.2 Å². The molecule has 2 N–H and O–H groups in total. The average molecular weight is 365 g/mol. The van der Waals surface area contributed by atoms with E-state index in [1.165, 1.54) is 0 Å². The van der Waals surface area contributed by atoms with Crippen molar-refractivity contribution in [2.24, 2.45) is 0 Å². The van der Waals surface area contributed by atoms with E-state index in [0.717, 1.165) is 35.8 Å². The van der Waals surface area contributed by atoms with Crippen LogP contribution in [0, 0.1) is 0 Å². The normalized spacial score (nSPS) is 11.7. The zero-order valence-corrected chi connectivity index (χ0v) is 15.8. The molecule has 0 saturated carbocycles. The number of rotatable bonds is 9. The van der Waals surface area contributed by atoms with Crippen LogP contribution in [0.15, 0.2) is 36.4 Å². The van der Waals surface area contributed by atoms with Crippen molar-refractivity contribution in [1.29, 1.82) is 0 Å². The number of benzene rings is 2. The molecule has 1 atom stereocenters. The molecule has 0 unspecified atom stereocenters. The summed E-state index contributed by atoms with van der Waals surface area (Å²) in [6, 6.07) is 11.8. The molecule has 0 bridgehead atoms. The minimum Gasteiger partial charge on any atom is -0.495 e. The monoisotopic (exact) mass is 364 g/mol. The van der Waals surface area contributed by atoms with Gasteiger partial charge in [-0.25, -0.2) is 0 Å². The van der Waals surface area contributed by atoms with Gasteiger partial charge in [-0.05, 0) is 36.8 Å². The van der Waals surface area contributed by atoms with Crippen LogP contribution in [-0.2, 0) is 0 Å². The summed E-state index contributed by atoms with van der Waals surface area (Å²) < 4.78 is 15.8. The Balaban J connectivity index is 1.85. The Morgan fingerprint density at radius 1 is 0.880 bits per heavy atom. The molecule has 0 aliphatic carbocycles. The van der Waals surface area contributed by atoms with Crippen molar-refractivity contribution in [3.63, 3.8) is 0 Å². The molecule has 0 radical (unpaired) electrons. The van der Waals surface area contributed by atoms with E-state index < -0.39 is 0 Å². The molecule has 0 amide bonds. The van der Waals surface area contributed by atoms with E-state index in [2.05, 4.69) is 17.6 Å². The highest BCUT2D eigenvalue weighted by atomic mass is 35.5. The minimum absolute atomic E-state index is 0.196. The van der Waals surface area contributed by atoms with E-state index in [9.17, 15) is 0 Å². The third-order valence-corrected chi connectivity index (χ3v) is 4.28. The third-order valence-electron chi connectivity index (χ3n) is 3.96. The second-order valence-electron chi connectivity index (χ2n) is 5.57. The van der Waals surface area contributed by atoms with Gasteiger partial charge in [-0.3, -0.25) is 0 Å². The molecule has 6 heteroatoms. The van der Waals surface area contributed by atoms with E-state index in [1.54, 1.807) is 21.3 Å². The van der Waals surface area contributed by atoms with E-state index >= 15 is 0 Å². The molecule has 0 aromatic heterocycles.